The van der Waals surface area contributed by atoms with Gasteiger partial charge in [0.25, 0.3) is 0 Å². The van der Waals surface area contributed by atoms with Gasteiger partial charge in [-0.25, -0.2) is 9.59 Å². The van der Waals surface area contributed by atoms with Crippen LogP contribution in [0.4, 0.5) is 10.5 Å². The Morgan fingerprint density at radius 1 is 0.972 bits per heavy atom. The molecule has 0 atom stereocenters. The number of hydrogen-bond donors (Lipinski definition) is 1. The van der Waals surface area contributed by atoms with Crippen LogP contribution in [-0.4, -0.2) is 51.5 Å². The molecule has 0 radical (unpaired) electrons. The first-order valence-electron chi connectivity index (χ1n) is 12.2. The normalized spacial score (nSPS) is 12.6. The van der Waals surface area contributed by atoms with Crippen molar-refractivity contribution in [1.29, 1.82) is 0 Å². The van der Waals surface area contributed by atoms with Crippen molar-refractivity contribution in [3.63, 3.8) is 0 Å². The van der Waals surface area contributed by atoms with Crippen molar-refractivity contribution in [2.45, 2.75) is 38.9 Å². The monoisotopic (exact) mass is 488 g/mol. The standard InChI is InChI=1S/C28H32N4O4/c1-3-36-27(34)22-11-13-23(14-12-22)29-28(35)32(24-15-16-24)20-26(33)31(18-21-8-5-4-6-9-21)19-25-10-7-17-30(25)2/h4-14,17,24H,3,15-16,18-20H2,1-2H3,(H,29,35). The van der Waals surface area contributed by atoms with Crippen LogP contribution >= 0.6 is 0 Å². The van der Waals surface area contributed by atoms with Crippen LogP contribution in [0.15, 0.2) is 72.9 Å². The summed E-state index contributed by atoms with van der Waals surface area (Å²) in [5.41, 5.74) is 3.02. The molecule has 0 spiro atoms. The first kappa shape index (κ1) is 25.0. The zero-order valence-electron chi connectivity index (χ0n) is 20.7. The quantitative estimate of drug-likeness (QED) is 0.428. The fourth-order valence-corrected chi connectivity index (χ4v) is 3.99. The average molecular weight is 489 g/mol. The number of ether oxygens (including phenoxy) is 1. The SMILES string of the molecule is CCOC(=O)c1ccc(NC(=O)N(CC(=O)N(Cc2ccccc2)Cc2cccn2C)C2CC2)cc1. The van der Waals surface area contributed by atoms with Crippen molar-refractivity contribution in [1.82, 2.24) is 14.4 Å². The molecule has 8 nitrogen and oxygen atoms in total. The molecule has 3 amide bonds. The minimum atomic E-state index is -0.405. The predicted octanol–water partition coefficient (Wildman–Crippen LogP) is 4.43. The van der Waals surface area contributed by atoms with Gasteiger partial charge in [-0.15, -0.1) is 0 Å². The molecule has 1 N–H and O–H groups in total. The molecule has 1 aliphatic rings. The van der Waals surface area contributed by atoms with Crippen LogP contribution in [0.2, 0.25) is 0 Å². The fraction of sp³-hybridized carbons (Fsp3) is 0.321. The second-order valence-corrected chi connectivity index (χ2v) is 8.93. The molecule has 8 heteroatoms. The number of aryl methyl sites for hydroxylation is 1. The third-order valence-corrected chi connectivity index (χ3v) is 6.17. The molecule has 2 aromatic carbocycles. The molecule has 0 aliphatic heterocycles. The molecular weight excluding hydrogens is 456 g/mol. The zero-order valence-corrected chi connectivity index (χ0v) is 20.7. The highest BCUT2D eigenvalue weighted by molar-refractivity contribution is 5.94. The number of aromatic nitrogens is 1. The van der Waals surface area contributed by atoms with Gasteiger partial charge < -0.3 is 24.4 Å². The van der Waals surface area contributed by atoms with E-state index in [1.54, 1.807) is 41.0 Å². The molecule has 36 heavy (non-hydrogen) atoms. The summed E-state index contributed by atoms with van der Waals surface area (Å²) in [5.74, 6) is -0.517. The van der Waals surface area contributed by atoms with Crippen LogP contribution in [0.3, 0.4) is 0 Å². The van der Waals surface area contributed by atoms with Crippen molar-refractivity contribution < 1.29 is 19.1 Å². The van der Waals surface area contributed by atoms with Gasteiger partial charge in [-0.2, -0.15) is 0 Å². The van der Waals surface area contributed by atoms with Gasteiger partial charge in [0.05, 0.1) is 18.7 Å². The van der Waals surface area contributed by atoms with Gasteiger partial charge >= 0.3 is 12.0 Å². The van der Waals surface area contributed by atoms with E-state index in [0.29, 0.717) is 30.9 Å². The lowest BCUT2D eigenvalue weighted by molar-refractivity contribution is -0.133. The number of anilines is 1. The molecule has 188 valence electrons. The summed E-state index contributed by atoms with van der Waals surface area (Å²) >= 11 is 0. The topological polar surface area (TPSA) is 83.9 Å². The lowest BCUT2D eigenvalue weighted by atomic mass is 10.2. The van der Waals surface area contributed by atoms with E-state index in [1.165, 1.54) is 0 Å². The van der Waals surface area contributed by atoms with Gasteiger partial charge in [0.2, 0.25) is 5.91 Å². The number of benzene rings is 2. The Bertz CT molecular complexity index is 1190. The fourth-order valence-electron chi connectivity index (χ4n) is 3.99. The van der Waals surface area contributed by atoms with E-state index in [0.717, 1.165) is 24.1 Å². The number of amides is 3. The second-order valence-electron chi connectivity index (χ2n) is 8.93. The predicted molar refractivity (Wildman–Crippen MR) is 137 cm³/mol. The minimum absolute atomic E-state index is 0.00529. The summed E-state index contributed by atoms with van der Waals surface area (Å²) in [6.45, 7) is 2.95. The van der Waals surface area contributed by atoms with Crippen LogP contribution in [-0.2, 0) is 29.7 Å². The molecule has 1 saturated carbocycles. The number of urea groups is 1. The van der Waals surface area contributed by atoms with E-state index in [-0.39, 0.29) is 24.5 Å². The Kier molecular flexibility index (Phi) is 8.05. The van der Waals surface area contributed by atoms with Crippen LogP contribution in [0, 0.1) is 0 Å². The van der Waals surface area contributed by atoms with E-state index in [4.69, 9.17) is 4.74 Å². The lowest BCUT2D eigenvalue weighted by Gasteiger charge is -2.28. The van der Waals surface area contributed by atoms with Crippen molar-refractivity contribution in [3.05, 3.63) is 89.7 Å². The van der Waals surface area contributed by atoms with Gasteiger partial charge in [0.1, 0.15) is 6.54 Å². The number of esters is 1. The van der Waals surface area contributed by atoms with Crippen LogP contribution < -0.4 is 5.32 Å². The summed E-state index contributed by atoms with van der Waals surface area (Å²) < 4.78 is 7.00. The number of hydrogen-bond acceptors (Lipinski definition) is 4. The third-order valence-electron chi connectivity index (χ3n) is 6.17. The Morgan fingerprint density at radius 3 is 2.31 bits per heavy atom. The van der Waals surface area contributed by atoms with Gasteiger partial charge in [-0.05, 0) is 61.7 Å². The van der Waals surface area contributed by atoms with Gasteiger partial charge in [-0.3, -0.25) is 4.79 Å². The maximum Gasteiger partial charge on any atom is 0.338 e. The largest absolute Gasteiger partial charge is 0.462 e. The first-order valence-corrected chi connectivity index (χ1v) is 12.2. The highest BCUT2D eigenvalue weighted by atomic mass is 16.5. The highest BCUT2D eigenvalue weighted by Crippen LogP contribution is 2.28. The number of nitrogens with one attached hydrogen (secondary N) is 1. The molecule has 3 aromatic rings. The molecule has 0 unspecified atom stereocenters. The smallest absolute Gasteiger partial charge is 0.338 e. The Labute approximate surface area is 211 Å². The molecule has 1 aliphatic carbocycles. The van der Waals surface area contributed by atoms with Crippen molar-refractivity contribution in [2.24, 2.45) is 7.05 Å². The maximum absolute atomic E-state index is 13.5. The molecule has 0 bridgehead atoms. The summed E-state index contributed by atoms with van der Waals surface area (Å²) in [6.07, 6.45) is 3.70. The summed E-state index contributed by atoms with van der Waals surface area (Å²) in [5, 5.41) is 2.87. The van der Waals surface area contributed by atoms with E-state index in [9.17, 15) is 14.4 Å². The van der Waals surface area contributed by atoms with Gasteiger partial charge in [0, 0.05) is 37.2 Å². The van der Waals surface area contributed by atoms with Crippen LogP contribution in [0.25, 0.3) is 0 Å². The van der Waals surface area contributed by atoms with Gasteiger partial charge in [-0.1, -0.05) is 30.3 Å². The average Bonchev–Trinajstić information content (AvgIpc) is 3.64. The summed E-state index contributed by atoms with van der Waals surface area (Å²) in [6, 6.07) is 20.1. The highest BCUT2D eigenvalue weighted by Gasteiger charge is 2.35. The number of nitrogens with zero attached hydrogens (tertiary/aromatic N) is 3. The number of rotatable bonds is 10. The lowest BCUT2D eigenvalue weighted by Crippen LogP contribution is -2.45. The van der Waals surface area contributed by atoms with Crippen molar-refractivity contribution in [3.8, 4) is 0 Å². The summed E-state index contributed by atoms with van der Waals surface area (Å²) in [7, 11) is 1.96. The summed E-state index contributed by atoms with van der Waals surface area (Å²) in [4.78, 5) is 41.9. The maximum atomic E-state index is 13.5. The van der Waals surface area contributed by atoms with Crippen LogP contribution in [0.5, 0.6) is 0 Å². The first-order chi connectivity index (χ1) is 17.4. The Morgan fingerprint density at radius 2 is 1.69 bits per heavy atom. The molecular formula is C28H32N4O4. The van der Waals surface area contributed by atoms with E-state index >= 15 is 0 Å². The molecule has 0 saturated heterocycles. The van der Waals surface area contributed by atoms with E-state index < -0.39 is 5.97 Å². The van der Waals surface area contributed by atoms with Crippen molar-refractivity contribution in [2.75, 3.05) is 18.5 Å². The third kappa shape index (κ3) is 6.53. The Balaban J connectivity index is 1.45. The zero-order chi connectivity index (χ0) is 25.5. The van der Waals surface area contributed by atoms with Crippen molar-refractivity contribution >= 4 is 23.6 Å². The Hall–Kier alpha value is -4.07. The second kappa shape index (κ2) is 11.6. The van der Waals surface area contributed by atoms with Crippen LogP contribution in [0.1, 0.15) is 41.4 Å². The molecule has 1 heterocycles. The number of carbonyl (C=O) groups excluding carboxylic acids is 3. The minimum Gasteiger partial charge on any atom is -0.462 e. The van der Waals surface area contributed by atoms with Gasteiger partial charge in [0.15, 0.2) is 0 Å². The number of carbonyl (C=O) groups is 3. The van der Waals surface area contributed by atoms with E-state index in [1.807, 2.05) is 60.3 Å². The van der Waals surface area contributed by atoms with E-state index in [2.05, 4.69) is 5.32 Å². The molecule has 1 aromatic heterocycles. The molecule has 4 rings (SSSR count). The molecule has 1 fully saturated rings.